The van der Waals surface area contributed by atoms with E-state index in [2.05, 4.69) is 35.1 Å². The number of benzene rings is 1. The Balaban J connectivity index is 1.93. The first-order valence-corrected chi connectivity index (χ1v) is 8.18. The lowest BCUT2D eigenvalue weighted by Gasteiger charge is -2.26. The number of ether oxygens (including phenoxy) is 2. The molecule has 0 saturated carbocycles. The molecule has 0 radical (unpaired) electrons. The van der Waals surface area contributed by atoms with Crippen LogP contribution in [-0.4, -0.2) is 30.5 Å². The highest BCUT2D eigenvalue weighted by Gasteiger charge is 2.21. The van der Waals surface area contributed by atoms with E-state index in [0.717, 1.165) is 28.0 Å². The fourth-order valence-electron chi connectivity index (χ4n) is 2.69. The molecule has 0 aliphatic carbocycles. The van der Waals surface area contributed by atoms with Crippen molar-refractivity contribution < 1.29 is 14.6 Å². The SMILES string of the molecule is CC(C)CC(C)(O)CNCc1cc(Br)c2c(c1)OCCO2. The Morgan fingerprint density at radius 1 is 1.33 bits per heavy atom. The third-order valence-corrected chi connectivity index (χ3v) is 3.93. The molecule has 0 spiro atoms. The predicted octanol–water partition coefficient (Wildman–Crippen LogP) is 3.11. The standard InChI is InChI=1S/C16H24BrNO3/c1-11(2)8-16(3,19)10-18-9-12-6-13(17)15-14(7-12)20-4-5-21-15/h6-7,11,18-19H,4-5,8-10H2,1-3H3. The summed E-state index contributed by atoms with van der Waals surface area (Å²) in [6.45, 7) is 8.53. The summed E-state index contributed by atoms with van der Waals surface area (Å²) >= 11 is 3.51. The summed E-state index contributed by atoms with van der Waals surface area (Å²) < 4.78 is 12.1. The zero-order valence-electron chi connectivity index (χ0n) is 12.9. The van der Waals surface area contributed by atoms with Gasteiger partial charge < -0.3 is 19.9 Å². The van der Waals surface area contributed by atoms with Gasteiger partial charge in [0.05, 0.1) is 10.1 Å². The van der Waals surface area contributed by atoms with Crippen LogP contribution >= 0.6 is 15.9 Å². The highest BCUT2D eigenvalue weighted by atomic mass is 79.9. The summed E-state index contributed by atoms with van der Waals surface area (Å²) in [4.78, 5) is 0. The number of aliphatic hydroxyl groups is 1. The summed E-state index contributed by atoms with van der Waals surface area (Å²) in [5.74, 6) is 2.03. The van der Waals surface area contributed by atoms with Crippen LogP contribution in [0.25, 0.3) is 0 Å². The third kappa shape index (κ3) is 4.87. The van der Waals surface area contributed by atoms with Gasteiger partial charge >= 0.3 is 0 Å². The van der Waals surface area contributed by atoms with E-state index in [1.165, 1.54) is 0 Å². The van der Waals surface area contributed by atoms with E-state index >= 15 is 0 Å². The Kier molecular flexibility index (Phi) is 5.52. The highest BCUT2D eigenvalue weighted by molar-refractivity contribution is 9.10. The van der Waals surface area contributed by atoms with Crippen LogP contribution in [0.1, 0.15) is 32.8 Å². The first kappa shape index (κ1) is 16.6. The molecule has 0 fully saturated rings. The first-order chi connectivity index (χ1) is 9.87. The molecule has 1 heterocycles. The van der Waals surface area contributed by atoms with Crippen molar-refractivity contribution in [1.29, 1.82) is 0 Å². The Morgan fingerprint density at radius 3 is 2.76 bits per heavy atom. The molecule has 2 N–H and O–H groups in total. The van der Waals surface area contributed by atoms with Gasteiger partial charge in [-0.2, -0.15) is 0 Å². The average Bonchev–Trinajstić information content (AvgIpc) is 2.37. The normalized spacial score (nSPS) is 16.9. The predicted molar refractivity (Wildman–Crippen MR) is 86.9 cm³/mol. The zero-order valence-corrected chi connectivity index (χ0v) is 14.5. The fraction of sp³-hybridized carbons (Fsp3) is 0.625. The topological polar surface area (TPSA) is 50.7 Å². The molecule has 5 heteroatoms. The van der Waals surface area contributed by atoms with Crippen LogP contribution in [-0.2, 0) is 6.54 Å². The molecule has 1 atom stereocenters. The molecule has 2 rings (SSSR count). The van der Waals surface area contributed by atoms with Gasteiger partial charge in [-0.15, -0.1) is 0 Å². The van der Waals surface area contributed by atoms with Gasteiger partial charge in [0.25, 0.3) is 0 Å². The van der Waals surface area contributed by atoms with E-state index in [0.29, 0.717) is 32.2 Å². The van der Waals surface area contributed by atoms with Crippen molar-refractivity contribution in [3.63, 3.8) is 0 Å². The Bertz CT molecular complexity index is 489. The number of rotatable bonds is 6. The minimum Gasteiger partial charge on any atom is -0.486 e. The van der Waals surface area contributed by atoms with Crippen molar-refractivity contribution >= 4 is 15.9 Å². The van der Waals surface area contributed by atoms with E-state index < -0.39 is 5.60 Å². The van der Waals surface area contributed by atoms with Gasteiger partial charge in [0.15, 0.2) is 11.5 Å². The van der Waals surface area contributed by atoms with E-state index in [1.807, 2.05) is 19.1 Å². The van der Waals surface area contributed by atoms with Crippen molar-refractivity contribution in [2.45, 2.75) is 39.3 Å². The molecule has 21 heavy (non-hydrogen) atoms. The number of fused-ring (bicyclic) bond motifs is 1. The molecule has 0 aromatic heterocycles. The molecule has 118 valence electrons. The van der Waals surface area contributed by atoms with Crippen LogP contribution in [0.3, 0.4) is 0 Å². The number of nitrogens with one attached hydrogen (secondary N) is 1. The summed E-state index contributed by atoms with van der Waals surface area (Å²) in [6.07, 6.45) is 0.783. The summed E-state index contributed by atoms with van der Waals surface area (Å²) in [6, 6.07) is 4.01. The summed E-state index contributed by atoms with van der Waals surface area (Å²) in [5, 5.41) is 13.6. The molecule has 1 unspecified atom stereocenters. The molecule has 1 aromatic rings. The molecule has 0 saturated heterocycles. The van der Waals surface area contributed by atoms with Crippen molar-refractivity contribution in [2.75, 3.05) is 19.8 Å². The lowest BCUT2D eigenvalue weighted by Crippen LogP contribution is -2.38. The molecular formula is C16H24BrNO3. The lowest BCUT2D eigenvalue weighted by molar-refractivity contribution is 0.0383. The van der Waals surface area contributed by atoms with Gasteiger partial charge in [-0.3, -0.25) is 0 Å². The lowest BCUT2D eigenvalue weighted by atomic mass is 9.94. The first-order valence-electron chi connectivity index (χ1n) is 7.38. The molecule has 0 bridgehead atoms. The van der Waals surface area contributed by atoms with Gasteiger partial charge in [0.1, 0.15) is 13.2 Å². The average molecular weight is 358 g/mol. The van der Waals surface area contributed by atoms with E-state index in [4.69, 9.17) is 9.47 Å². The van der Waals surface area contributed by atoms with E-state index in [-0.39, 0.29) is 0 Å². The Morgan fingerprint density at radius 2 is 2.05 bits per heavy atom. The largest absolute Gasteiger partial charge is 0.486 e. The Labute approximate surface area is 135 Å². The molecule has 1 aliphatic heterocycles. The molecular weight excluding hydrogens is 334 g/mol. The van der Waals surface area contributed by atoms with Gasteiger partial charge in [-0.1, -0.05) is 13.8 Å². The maximum absolute atomic E-state index is 10.3. The van der Waals surface area contributed by atoms with Crippen molar-refractivity contribution in [3.05, 3.63) is 22.2 Å². The van der Waals surface area contributed by atoms with Crippen molar-refractivity contribution in [2.24, 2.45) is 5.92 Å². The second kappa shape index (κ2) is 6.99. The quantitative estimate of drug-likeness (QED) is 0.821. The Hall–Kier alpha value is -0.780. The van der Waals surface area contributed by atoms with Gasteiger partial charge in [-0.25, -0.2) is 0 Å². The van der Waals surface area contributed by atoms with E-state index in [1.54, 1.807) is 0 Å². The smallest absolute Gasteiger partial charge is 0.175 e. The van der Waals surface area contributed by atoms with Gasteiger partial charge in [0, 0.05) is 13.1 Å². The van der Waals surface area contributed by atoms with Crippen LogP contribution < -0.4 is 14.8 Å². The maximum atomic E-state index is 10.3. The monoisotopic (exact) mass is 357 g/mol. The number of hydrogen-bond acceptors (Lipinski definition) is 4. The van der Waals surface area contributed by atoms with E-state index in [9.17, 15) is 5.11 Å². The molecule has 0 amide bonds. The molecule has 1 aliphatic rings. The van der Waals surface area contributed by atoms with Crippen molar-refractivity contribution in [1.82, 2.24) is 5.32 Å². The minimum atomic E-state index is -0.681. The molecule has 1 aromatic carbocycles. The minimum absolute atomic E-state index is 0.477. The summed E-state index contributed by atoms with van der Waals surface area (Å²) in [7, 11) is 0. The van der Waals surface area contributed by atoms with Gasteiger partial charge in [-0.05, 0) is 52.9 Å². The van der Waals surface area contributed by atoms with Crippen LogP contribution in [0.15, 0.2) is 16.6 Å². The van der Waals surface area contributed by atoms with Crippen LogP contribution in [0.4, 0.5) is 0 Å². The van der Waals surface area contributed by atoms with Crippen LogP contribution in [0.5, 0.6) is 11.5 Å². The fourth-order valence-corrected chi connectivity index (χ4v) is 3.30. The zero-order chi connectivity index (χ0) is 15.5. The van der Waals surface area contributed by atoms with Crippen LogP contribution in [0, 0.1) is 5.92 Å². The van der Waals surface area contributed by atoms with Crippen LogP contribution in [0.2, 0.25) is 0 Å². The maximum Gasteiger partial charge on any atom is 0.175 e. The molecule has 4 nitrogen and oxygen atoms in total. The highest BCUT2D eigenvalue weighted by Crippen LogP contribution is 2.38. The second-order valence-electron chi connectivity index (χ2n) is 6.30. The number of hydrogen-bond donors (Lipinski definition) is 2. The van der Waals surface area contributed by atoms with Gasteiger partial charge in [0.2, 0.25) is 0 Å². The third-order valence-electron chi connectivity index (χ3n) is 3.34. The number of halogens is 1. The van der Waals surface area contributed by atoms with Crippen molar-refractivity contribution in [3.8, 4) is 11.5 Å². The summed E-state index contributed by atoms with van der Waals surface area (Å²) in [5.41, 5.74) is 0.422. The second-order valence-corrected chi connectivity index (χ2v) is 7.15.